The van der Waals surface area contributed by atoms with Crippen LogP contribution in [-0.4, -0.2) is 57.6 Å². The Morgan fingerprint density at radius 1 is 1.03 bits per heavy atom. The molecule has 2 aliphatic rings. The molecule has 1 aromatic heterocycles. The first-order chi connectivity index (χ1) is 14.3. The minimum absolute atomic E-state index is 0.0747. The van der Waals surface area contributed by atoms with Crippen LogP contribution in [0.5, 0.6) is 0 Å². The average Bonchev–Trinajstić information content (AvgIpc) is 2.97. The molecular formula is C22H26Cl2N4O2. The molecule has 2 heterocycles. The van der Waals surface area contributed by atoms with Crippen LogP contribution in [0.3, 0.4) is 0 Å². The number of amides is 2. The van der Waals surface area contributed by atoms with Gasteiger partial charge in [0, 0.05) is 43.4 Å². The van der Waals surface area contributed by atoms with Gasteiger partial charge in [0.25, 0.3) is 0 Å². The van der Waals surface area contributed by atoms with Crippen molar-refractivity contribution in [2.75, 3.05) is 26.2 Å². The minimum atomic E-state index is 0.0747. The number of nitrogens with zero attached hydrogens (tertiary/aromatic N) is 4. The summed E-state index contributed by atoms with van der Waals surface area (Å²) in [6.07, 6.45) is 3.48. The number of carbonyl (C=O) groups excluding carboxylic acids is 2. The molecule has 4 rings (SSSR count). The van der Waals surface area contributed by atoms with E-state index in [0.717, 1.165) is 41.9 Å². The zero-order valence-corrected chi connectivity index (χ0v) is 18.8. The maximum atomic E-state index is 12.9. The third kappa shape index (κ3) is 4.08. The summed E-state index contributed by atoms with van der Waals surface area (Å²) < 4.78 is 1.80. The number of carbonyl (C=O) groups is 2. The first kappa shape index (κ1) is 21.2. The molecule has 6 nitrogen and oxygen atoms in total. The van der Waals surface area contributed by atoms with Crippen molar-refractivity contribution in [1.82, 2.24) is 19.6 Å². The Kier molecular flexibility index (Phi) is 6.07. The van der Waals surface area contributed by atoms with Gasteiger partial charge in [-0.2, -0.15) is 5.10 Å². The Balaban J connectivity index is 1.42. The molecule has 30 heavy (non-hydrogen) atoms. The molecule has 0 unspecified atom stereocenters. The molecule has 8 heteroatoms. The molecule has 1 aliphatic carbocycles. The van der Waals surface area contributed by atoms with Gasteiger partial charge in [-0.1, -0.05) is 29.6 Å². The highest BCUT2D eigenvalue weighted by atomic mass is 35.5. The molecule has 0 bridgehead atoms. The number of benzene rings is 1. The van der Waals surface area contributed by atoms with Crippen molar-refractivity contribution in [3.05, 3.63) is 45.2 Å². The molecule has 2 aromatic rings. The van der Waals surface area contributed by atoms with Crippen LogP contribution in [0, 0.1) is 19.8 Å². The second kappa shape index (κ2) is 8.60. The largest absolute Gasteiger partial charge is 0.339 e. The average molecular weight is 449 g/mol. The van der Waals surface area contributed by atoms with Gasteiger partial charge in [0.15, 0.2) is 0 Å². The van der Waals surface area contributed by atoms with Gasteiger partial charge in [0.1, 0.15) is 0 Å². The summed E-state index contributed by atoms with van der Waals surface area (Å²) in [5.74, 6) is 0.554. The standard InChI is InChI=1S/C22H26Cl2N4O2/c1-14-18(15(2)28(25-14)17-6-7-19(23)20(24)12-17)13-21(29)26-8-10-27(11-9-26)22(30)16-4-3-5-16/h6-7,12,16H,3-5,8-11,13H2,1-2H3. The first-order valence-corrected chi connectivity index (χ1v) is 11.2. The van der Waals surface area contributed by atoms with Gasteiger partial charge < -0.3 is 9.80 Å². The Bertz CT molecular complexity index is 976. The third-order valence-corrected chi connectivity index (χ3v) is 7.05. The lowest BCUT2D eigenvalue weighted by Gasteiger charge is -2.38. The van der Waals surface area contributed by atoms with E-state index in [9.17, 15) is 9.59 Å². The van der Waals surface area contributed by atoms with E-state index < -0.39 is 0 Å². The van der Waals surface area contributed by atoms with Crippen molar-refractivity contribution in [3.63, 3.8) is 0 Å². The van der Waals surface area contributed by atoms with Crippen molar-refractivity contribution >= 4 is 35.0 Å². The van der Waals surface area contributed by atoms with Crippen LogP contribution in [-0.2, 0) is 16.0 Å². The molecule has 1 saturated heterocycles. The Morgan fingerprint density at radius 3 is 2.30 bits per heavy atom. The SMILES string of the molecule is Cc1nn(-c2ccc(Cl)c(Cl)c2)c(C)c1CC(=O)N1CCN(C(=O)C2CCC2)CC1. The van der Waals surface area contributed by atoms with Gasteiger partial charge in [0.2, 0.25) is 11.8 Å². The lowest BCUT2D eigenvalue weighted by atomic mass is 9.84. The maximum Gasteiger partial charge on any atom is 0.227 e. The molecule has 1 saturated carbocycles. The van der Waals surface area contributed by atoms with Crippen LogP contribution in [0.4, 0.5) is 0 Å². The quantitative estimate of drug-likeness (QED) is 0.714. The fourth-order valence-corrected chi connectivity index (χ4v) is 4.44. The van der Waals surface area contributed by atoms with Crippen molar-refractivity contribution in [2.45, 2.75) is 39.5 Å². The zero-order valence-electron chi connectivity index (χ0n) is 17.3. The fraction of sp³-hybridized carbons (Fsp3) is 0.500. The predicted octanol–water partition coefficient (Wildman–Crippen LogP) is 3.81. The maximum absolute atomic E-state index is 12.9. The second-order valence-corrected chi connectivity index (χ2v) is 8.98. The number of hydrogen-bond acceptors (Lipinski definition) is 3. The number of halogens is 2. The summed E-state index contributed by atoms with van der Waals surface area (Å²) in [5.41, 5.74) is 3.48. The number of piperazine rings is 1. The van der Waals surface area contributed by atoms with Gasteiger partial charge in [-0.05, 0) is 44.9 Å². The van der Waals surface area contributed by atoms with Crippen molar-refractivity contribution < 1.29 is 9.59 Å². The van der Waals surface area contributed by atoms with Gasteiger partial charge in [-0.15, -0.1) is 0 Å². The summed E-state index contributed by atoms with van der Waals surface area (Å²) >= 11 is 12.2. The molecule has 0 atom stereocenters. The Hall–Kier alpha value is -2.05. The Labute approximate surface area is 186 Å². The molecule has 2 fully saturated rings. The zero-order chi connectivity index (χ0) is 21.4. The number of rotatable bonds is 4. The molecule has 0 N–H and O–H groups in total. The second-order valence-electron chi connectivity index (χ2n) is 8.17. The summed E-state index contributed by atoms with van der Waals surface area (Å²) in [5, 5.41) is 5.57. The highest BCUT2D eigenvalue weighted by Crippen LogP contribution is 2.29. The normalized spacial score (nSPS) is 17.2. The summed E-state index contributed by atoms with van der Waals surface area (Å²) in [6, 6.07) is 5.37. The Morgan fingerprint density at radius 2 is 1.70 bits per heavy atom. The predicted molar refractivity (Wildman–Crippen MR) is 117 cm³/mol. The minimum Gasteiger partial charge on any atom is -0.339 e. The molecule has 0 radical (unpaired) electrons. The van der Waals surface area contributed by atoms with E-state index in [4.69, 9.17) is 23.2 Å². The fourth-order valence-electron chi connectivity index (χ4n) is 4.15. The molecule has 0 spiro atoms. The molecular weight excluding hydrogens is 423 g/mol. The summed E-state index contributed by atoms with van der Waals surface area (Å²) in [6.45, 7) is 6.31. The first-order valence-electron chi connectivity index (χ1n) is 10.4. The molecule has 2 amide bonds. The van der Waals surface area contributed by atoms with Crippen LogP contribution in [0.25, 0.3) is 5.69 Å². The molecule has 1 aliphatic heterocycles. The number of aromatic nitrogens is 2. The van der Waals surface area contributed by atoms with Crippen LogP contribution in [0.1, 0.15) is 36.2 Å². The van der Waals surface area contributed by atoms with Crippen molar-refractivity contribution in [3.8, 4) is 5.69 Å². The van der Waals surface area contributed by atoms with E-state index in [0.29, 0.717) is 42.6 Å². The number of aryl methyl sites for hydroxylation is 1. The van der Waals surface area contributed by atoms with E-state index in [2.05, 4.69) is 5.10 Å². The summed E-state index contributed by atoms with van der Waals surface area (Å²) in [4.78, 5) is 29.1. The smallest absolute Gasteiger partial charge is 0.227 e. The van der Waals surface area contributed by atoms with E-state index >= 15 is 0 Å². The lowest BCUT2D eigenvalue weighted by Crippen LogP contribution is -2.52. The van der Waals surface area contributed by atoms with Crippen LogP contribution in [0.2, 0.25) is 10.0 Å². The monoisotopic (exact) mass is 448 g/mol. The third-order valence-electron chi connectivity index (χ3n) is 6.32. The van der Waals surface area contributed by atoms with E-state index in [-0.39, 0.29) is 17.7 Å². The number of hydrogen-bond donors (Lipinski definition) is 0. The van der Waals surface area contributed by atoms with Crippen molar-refractivity contribution in [1.29, 1.82) is 0 Å². The van der Waals surface area contributed by atoms with E-state index in [1.165, 1.54) is 0 Å². The van der Waals surface area contributed by atoms with E-state index in [1.54, 1.807) is 16.8 Å². The van der Waals surface area contributed by atoms with Crippen LogP contribution >= 0.6 is 23.2 Å². The van der Waals surface area contributed by atoms with Crippen LogP contribution < -0.4 is 0 Å². The molecule has 160 valence electrons. The van der Waals surface area contributed by atoms with Gasteiger partial charge in [0.05, 0.1) is 27.8 Å². The van der Waals surface area contributed by atoms with E-state index in [1.807, 2.05) is 29.7 Å². The van der Waals surface area contributed by atoms with Gasteiger partial charge in [-0.3, -0.25) is 9.59 Å². The molecule has 1 aromatic carbocycles. The highest BCUT2D eigenvalue weighted by Gasteiger charge is 2.32. The van der Waals surface area contributed by atoms with Gasteiger partial charge >= 0.3 is 0 Å². The summed E-state index contributed by atoms with van der Waals surface area (Å²) in [7, 11) is 0. The highest BCUT2D eigenvalue weighted by molar-refractivity contribution is 6.42. The van der Waals surface area contributed by atoms with Crippen molar-refractivity contribution in [2.24, 2.45) is 5.92 Å². The topological polar surface area (TPSA) is 58.4 Å². The lowest BCUT2D eigenvalue weighted by molar-refractivity contribution is -0.143. The van der Waals surface area contributed by atoms with Gasteiger partial charge in [-0.25, -0.2) is 4.68 Å². The van der Waals surface area contributed by atoms with Crippen LogP contribution in [0.15, 0.2) is 18.2 Å².